The first-order valence-corrected chi connectivity index (χ1v) is 7.46. The van der Waals surface area contributed by atoms with Gasteiger partial charge in [-0.3, -0.25) is 4.90 Å². The Morgan fingerprint density at radius 3 is 2.17 bits per heavy atom. The van der Waals surface area contributed by atoms with Gasteiger partial charge in [0.25, 0.3) is 0 Å². The number of hydrogen-bond acceptors (Lipinski definition) is 3. The van der Waals surface area contributed by atoms with Gasteiger partial charge in [0, 0.05) is 18.0 Å². The van der Waals surface area contributed by atoms with E-state index >= 15 is 0 Å². The monoisotopic (exact) mass is 257 g/mol. The van der Waals surface area contributed by atoms with Crippen molar-refractivity contribution < 1.29 is 10.2 Å². The second-order valence-electron chi connectivity index (χ2n) is 6.72. The van der Waals surface area contributed by atoms with Gasteiger partial charge in [0.1, 0.15) is 0 Å². The van der Waals surface area contributed by atoms with Crippen molar-refractivity contribution in [1.82, 2.24) is 4.90 Å². The lowest BCUT2D eigenvalue weighted by Gasteiger charge is -2.37. The normalized spacial score (nSPS) is 18.2. The van der Waals surface area contributed by atoms with Crippen LogP contribution >= 0.6 is 0 Å². The molecule has 108 valence electrons. The van der Waals surface area contributed by atoms with Gasteiger partial charge in [-0.25, -0.2) is 0 Å². The molecule has 1 rings (SSSR count). The number of nitrogens with zero attached hydrogens (tertiary/aromatic N) is 1. The molecule has 2 N–H and O–H groups in total. The summed E-state index contributed by atoms with van der Waals surface area (Å²) in [4.78, 5) is 2.51. The van der Waals surface area contributed by atoms with Crippen LogP contribution in [0.25, 0.3) is 0 Å². The average molecular weight is 257 g/mol. The maximum absolute atomic E-state index is 9.47. The predicted octanol–water partition coefficient (Wildman–Crippen LogP) is 2.27. The van der Waals surface area contributed by atoms with E-state index in [1.165, 1.54) is 32.1 Å². The first-order chi connectivity index (χ1) is 8.50. The lowest BCUT2D eigenvalue weighted by Crippen LogP contribution is -2.45. The van der Waals surface area contributed by atoms with Gasteiger partial charge < -0.3 is 10.2 Å². The molecule has 0 atom stereocenters. The zero-order chi connectivity index (χ0) is 13.6. The van der Waals surface area contributed by atoms with Crippen LogP contribution in [0.4, 0.5) is 0 Å². The molecular weight excluding hydrogens is 226 g/mol. The molecule has 0 heterocycles. The van der Waals surface area contributed by atoms with E-state index in [0.29, 0.717) is 12.0 Å². The van der Waals surface area contributed by atoms with Gasteiger partial charge in [-0.15, -0.1) is 0 Å². The number of aliphatic hydroxyl groups excluding tert-OH is 2. The molecule has 0 aliphatic heterocycles. The average Bonchev–Trinajstić information content (AvgIpc) is 2.87. The fraction of sp³-hybridized carbons (Fsp3) is 1.00. The molecule has 18 heavy (non-hydrogen) atoms. The van der Waals surface area contributed by atoms with Gasteiger partial charge in [0.15, 0.2) is 0 Å². The van der Waals surface area contributed by atoms with Crippen molar-refractivity contribution in [2.45, 2.75) is 58.9 Å². The fourth-order valence-electron chi connectivity index (χ4n) is 2.72. The van der Waals surface area contributed by atoms with E-state index in [1.54, 1.807) is 0 Å². The highest BCUT2D eigenvalue weighted by Crippen LogP contribution is 2.27. The minimum absolute atomic E-state index is 0.0639. The lowest BCUT2D eigenvalue weighted by molar-refractivity contribution is 0.0208. The molecule has 1 fully saturated rings. The molecule has 0 unspecified atom stereocenters. The summed E-state index contributed by atoms with van der Waals surface area (Å²) < 4.78 is 0. The topological polar surface area (TPSA) is 43.7 Å². The zero-order valence-electron chi connectivity index (χ0n) is 12.4. The predicted molar refractivity (Wildman–Crippen MR) is 75.6 cm³/mol. The largest absolute Gasteiger partial charge is 0.396 e. The van der Waals surface area contributed by atoms with Crippen LogP contribution in [-0.2, 0) is 0 Å². The number of hydrogen-bond donors (Lipinski definition) is 2. The maximum Gasteiger partial charge on any atom is 0.0519 e. The first kappa shape index (κ1) is 15.9. The third kappa shape index (κ3) is 4.87. The molecule has 0 saturated heterocycles. The Bertz CT molecular complexity index is 221. The highest BCUT2D eigenvalue weighted by atomic mass is 16.3. The van der Waals surface area contributed by atoms with E-state index in [4.69, 9.17) is 0 Å². The van der Waals surface area contributed by atoms with E-state index in [-0.39, 0.29) is 18.6 Å². The molecule has 1 saturated carbocycles. The van der Waals surface area contributed by atoms with E-state index in [1.807, 2.05) is 6.92 Å². The second-order valence-corrected chi connectivity index (χ2v) is 6.72. The van der Waals surface area contributed by atoms with Crippen LogP contribution in [0.2, 0.25) is 0 Å². The van der Waals surface area contributed by atoms with Crippen molar-refractivity contribution in [3.63, 3.8) is 0 Å². The second kappa shape index (κ2) is 7.46. The van der Waals surface area contributed by atoms with Crippen LogP contribution in [0.1, 0.15) is 52.9 Å². The third-order valence-corrected chi connectivity index (χ3v) is 4.18. The molecule has 0 spiro atoms. The first-order valence-electron chi connectivity index (χ1n) is 7.46. The Labute approximate surface area is 112 Å². The van der Waals surface area contributed by atoms with Gasteiger partial charge in [0.05, 0.1) is 13.2 Å². The molecule has 1 aliphatic carbocycles. The molecule has 1 aliphatic rings. The molecule has 0 amide bonds. The van der Waals surface area contributed by atoms with E-state index in [2.05, 4.69) is 18.7 Å². The van der Waals surface area contributed by atoms with Crippen molar-refractivity contribution in [2.24, 2.45) is 11.3 Å². The van der Waals surface area contributed by atoms with E-state index < -0.39 is 0 Å². The highest BCUT2D eigenvalue weighted by Gasteiger charge is 2.30. The minimum Gasteiger partial charge on any atom is -0.396 e. The van der Waals surface area contributed by atoms with Crippen molar-refractivity contribution >= 4 is 0 Å². The SMILES string of the molecule is CC(C)CCN(CC(C)(CO)CO)C1CCCC1. The molecule has 0 aromatic heterocycles. The third-order valence-electron chi connectivity index (χ3n) is 4.18. The summed E-state index contributed by atoms with van der Waals surface area (Å²) >= 11 is 0. The number of rotatable bonds is 8. The fourth-order valence-corrected chi connectivity index (χ4v) is 2.72. The molecule has 3 nitrogen and oxygen atoms in total. The number of aliphatic hydroxyl groups is 2. The van der Waals surface area contributed by atoms with Crippen LogP contribution in [0.3, 0.4) is 0 Å². The summed E-state index contributed by atoms with van der Waals surface area (Å²) in [7, 11) is 0. The highest BCUT2D eigenvalue weighted by molar-refractivity contribution is 4.84. The summed E-state index contributed by atoms with van der Waals surface area (Å²) in [6, 6.07) is 0.668. The van der Waals surface area contributed by atoms with Gasteiger partial charge in [-0.2, -0.15) is 0 Å². The van der Waals surface area contributed by atoms with E-state index in [9.17, 15) is 10.2 Å². The van der Waals surface area contributed by atoms with Crippen LogP contribution in [0.15, 0.2) is 0 Å². The standard InChI is InChI=1S/C15H31NO2/c1-13(2)8-9-16(14-6-4-5-7-14)10-15(3,11-17)12-18/h13-14,17-18H,4-12H2,1-3H3. The summed E-state index contributed by atoms with van der Waals surface area (Å²) in [5, 5.41) is 18.9. The molecule has 0 aromatic rings. The minimum atomic E-state index is -0.362. The zero-order valence-corrected chi connectivity index (χ0v) is 12.4. The summed E-state index contributed by atoms with van der Waals surface area (Å²) in [6.07, 6.45) is 6.43. The maximum atomic E-state index is 9.47. The van der Waals surface area contributed by atoms with E-state index in [0.717, 1.165) is 13.1 Å². The molecular formula is C15H31NO2. The van der Waals surface area contributed by atoms with Gasteiger partial charge in [0.2, 0.25) is 0 Å². The van der Waals surface area contributed by atoms with Gasteiger partial charge in [-0.1, -0.05) is 33.6 Å². The van der Waals surface area contributed by atoms with Gasteiger partial charge >= 0.3 is 0 Å². The van der Waals surface area contributed by atoms with Crippen molar-refractivity contribution in [1.29, 1.82) is 0 Å². The summed E-state index contributed by atoms with van der Waals surface area (Å²) in [5.41, 5.74) is -0.362. The van der Waals surface area contributed by atoms with Gasteiger partial charge in [-0.05, 0) is 31.7 Å². The van der Waals surface area contributed by atoms with Crippen LogP contribution in [0.5, 0.6) is 0 Å². The smallest absolute Gasteiger partial charge is 0.0519 e. The van der Waals surface area contributed by atoms with Crippen LogP contribution < -0.4 is 0 Å². The Balaban J connectivity index is 2.58. The molecule has 0 bridgehead atoms. The lowest BCUT2D eigenvalue weighted by atomic mass is 9.91. The quantitative estimate of drug-likeness (QED) is 0.701. The summed E-state index contributed by atoms with van der Waals surface area (Å²) in [6.45, 7) is 8.52. The Morgan fingerprint density at radius 2 is 1.72 bits per heavy atom. The van der Waals surface area contributed by atoms with Crippen molar-refractivity contribution in [2.75, 3.05) is 26.3 Å². The van der Waals surface area contributed by atoms with Crippen LogP contribution in [0, 0.1) is 11.3 Å². The van der Waals surface area contributed by atoms with Crippen molar-refractivity contribution in [3.05, 3.63) is 0 Å². The molecule has 3 heteroatoms. The van der Waals surface area contributed by atoms with Crippen molar-refractivity contribution in [3.8, 4) is 0 Å². The Morgan fingerprint density at radius 1 is 1.17 bits per heavy atom. The summed E-state index contributed by atoms with van der Waals surface area (Å²) in [5.74, 6) is 0.711. The Kier molecular flexibility index (Phi) is 6.61. The molecule has 0 aromatic carbocycles. The Hall–Kier alpha value is -0.120. The van der Waals surface area contributed by atoms with Crippen LogP contribution in [-0.4, -0.2) is 47.5 Å². The molecule has 0 radical (unpaired) electrons.